The lowest BCUT2D eigenvalue weighted by Gasteiger charge is -2.34. The van der Waals surface area contributed by atoms with Crippen LogP contribution in [0.4, 0.5) is 0 Å². The normalized spacial score (nSPS) is 33.2. The number of ether oxygens (including phenoxy) is 1. The van der Waals surface area contributed by atoms with Crippen molar-refractivity contribution in [1.82, 2.24) is 0 Å². The van der Waals surface area contributed by atoms with Gasteiger partial charge < -0.3 is 4.74 Å². The van der Waals surface area contributed by atoms with Crippen LogP contribution < -0.4 is 0 Å². The lowest BCUT2D eigenvalue weighted by Crippen LogP contribution is -2.29. The molecule has 2 aliphatic rings. The third-order valence-corrected chi connectivity index (χ3v) is 4.26. The highest BCUT2D eigenvalue weighted by molar-refractivity contribution is 5.91. The molecule has 0 aromatic carbocycles. The highest BCUT2D eigenvalue weighted by Crippen LogP contribution is 2.53. The first-order valence-electron chi connectivity index (χ1n) is 5.87. The fraction of sp³-hybridized carbons (Fsp3) is 0.692. The summed E-state index contributed by atoms with van der Waals surface area (Å²) in [5, 5.41) is 0. The predicted octanol–water partition coefficient (Wildman–Crippen LogP) is 2.26. The Hall–Kier alpha value is -1.12. The van der Waals surface area contributed by atoms with Crippen LogP contribution in [0.2, 0.25) is 0 Å². The Labute approximate surface area is 95.9 Å². The topological polar surface area (TPSA) is 43.4 Å². The molecule has 0 aliphatic heterocycles. The van der Waals surface area contributed by atoms with Gasteiger partial charge in [-0.15, -0.1) is 0 Å². The average molecular weight is 222 g/mol. The number of methoxy groups -OCH3 is 1. The second-order valence-electron chi connectivity index (χ2n) is 5.07. The molecule has 1 saturated carbocycles. The molecule has 88 valence electrons. The number of ketones is 1. The quantitative estimate of drug-likeness (QED) is 0.673. The summed E-state index contributed by atoms with van der Waals surface area (Å²) in [6.45, 7) is 2.19. The van der Waals surface area contributed by atoms with Crippen LogP contribution in [-0.4, -0.2) is 18.9 Å². The molecular formula is C13H18O3. The minimum absolute atomic E-state index is 0.0576. The highest BCUT2D eigenvalue weighted by atomic mass is 16.5. The molecule has 0 saturated heterocycles. The van der Waals surface area contributed by atoms with Crippen molar-refractivity contribution >= 4 is 11.8 Å². The molecule has 2 aliphatic carbocycles. The second-order valence-corrected chi connectivity index (χ2v) is 5.07. The summed E-state index contributed by atoms with van der Waals surface area (Å²) < 4.78 is 4.73. The fourth-order valence-corrected chi connectivity index (χ4v) is 3.06. The molecule has 0 amide bonds. The SMILES string of the molecule is COC(=O)C[C@H]1CCC2=CC(=O)CC[C@@]21C. The number of rotatable bonds is 2. The van der Waals surface area contributed by atoms with Gasteiger partial charge in [0.1, 0.15) is 0 Å². The summed E-state index contributed by atoms with van der Waals surface area (Å²) in [6, 6.07) is 0. The molecule has 0 spiro atoms. The van der Waals surface area contributed by atoms with Crippen LogP contribution in [0.5, 0.6) is 0 Å². The molecule has 0 radical (unpaired) electrons. The Morgan fingerprint density at radius 2 is 2.31 bits per heavy atom. The van der Waals surface area contributed by atoms with E-state index in [0.717, 1.165) is 19.3 Å². The summed E-state index contributed by atoms with van der Waals surface area (Å²) >= 11 is 0. The largest absolute Gasteiger partial charge is 0.469 e. The van der Waals surface area contributed by atoms with Crippen molar-refractivity contribution in [2.24, 2.45) is 11.3 Å². The van der Waals surface area contributed by atoms with Crippen molar-refractivity contribution in [1.29, 1.82) is 0 Å². The first kappa shape index (κ1) is 11.4. The van der Waals surface area contributed by atoms with E-state index in [1.165, 1.54) is 12.7 Å². The van der Waals surface area contributed by atoms with Gasteiger partial charge in [0.15, 0.2) is 5.78 Å². The zero-order chi connectivity index (χ0) is 11.8. The van der Waals surface area contributed by atoms with Crippen LogP contribution >= 0.6 is 0 Å². The van der Waals surface area contributed by atoms with Gasteiger partial charge in [-0.1, -0.05) is 12.5 Å². The first-order chi connectivity index (χ1) is 7.56. The van der Waals surface area contributed by atoms with Gasteiger partial charge in [0, 0.05) is 12.8 Å². The van der Waals surface area contributed by atoms with E-state index in [1.54, 1.807) is 6.08 Å². The lowest BCUT2D eigenvalue weighted by molar-refractivity contribution is -0.142. The summed E-state index contributed by atoms with van der Waals surface area (Å²) in [4.78, 5) is 22.7. The maximum atomic E-state index is 11.4. The molecule has 1 fully saturated rings. The number of carbonyl (C=O) groups is 2. The van der Waals surface area contributed by atoms with E-state index in [4.69, 9.17) is 4.74 Å². The van der Waals surface area contributed by atoms with E-state index in [9.17, 15) is 9.59 Å². The number of allylic oxidation sites excluding steroid dienone is 2. The Kier molecular flexibility index (Phi) is 2.87. The van der Waals surface area contributed by atoms with Gasteiger partial charge in [-0.25, -0.2) is 0 Å². The van der Waals surface area contributed by atoms with Gasteiger partial charge in [0.05, 0.1) is 7.11 Å². The second kappa shape index (κ2) is 4.04. The zero-order valence-electron chi connectivity index (χ0n) is 9.91. The highest BCUT2D eigenvalue weighted by Gasteiger charge is 2.45. The molecule has 0 unspecified atom stereocenters. The van der Waals surface area contributed by atoms with Gasteiger partial charge >= 0.3 is 5.97 Å². The van der Waals surface area contributed by atoms with Gasteiger partial charge in [-0.2, -0.15) is 0 Å². The standard InChI is InChI=1S/C13H18O3/c1-13-6-5-11(14)7-9(13)3-4-10(13)8-12(15)16-2/h7,10H,3-6,8H2,1-2H3/t10-,13+/m1/s1. The third kappa shape index (κ3) is 1.79. The van der Waals surface area contributed by atoms with E-state index in [-0.39, 0.29) is 17.2 Å². The van der Waals surface area contributed by atoms with Crippen LogP contribution in [0, 0.1) is 11.3 Å². The molecule has 2 rings (SSSR count). The summed E-state index contributed by atoms with van der Waals surface area (Å²) in [5.41, 5.74) is 1.31. The average Bonchev–Trinajstić information content (AvgIpc) is 2.57. The monoisotopic (exact) mass is 222 g/mol. The molecule has 16 heavy (non-hydrogen) atoms. The van der Waals surface area contributed by atoms with Crippen molar-refractivity contribution in [2.45, 2.75) is 39.0 Å². The Balaban J connectivity index is 2.17. The number of fused-ring (bicyclic) bond motifs is 1. The minimum Gasteiger partial charge on any atom is -0.469 e. The van der Waals surface area contributed by atoms with Crippen molar-refractivity contribution < 1.29 is 14.3 Å². The van der Waals surface area contributed by atoms with Gasteiger partial charge in [-0.05, 0) is 36.7 Å². The number of esters is 1. The van der Waals surface area contributed by atoms with E-state index >= 15 is 0 Å². The molecule has 0 aromatic rings. The maximum Gasteiger partial charge on any atom is 0.305 e. The van der Waals surface area contributed by atoms with Crippen molar-refractivity contribution in [3.05, 3.63) is 11.6 Å². The molecular weight excluding hydrogens is 204 g/mol. The van der Waals surface area contributed by atoms with Crippen molar-refractivity contribution in [3.63, 3.8) is 0 Å². The van der Waals surface area contributed by atoms with Crippen LogP contribution in [-0.2, 0) is 14.3 Å². The van der Waals surface area contributed by atoms with Crippen LogP contribution in [0.25, 0.3) is 0 Å². The minimum atomic E-state index is -0.135. The summed E-state index contributed by atoms with van der Waals surface area (Å²) in [7, 11) is 1.43. The van der Waals surface area contributed by atoms with E-state index in [1.807, 2.05) is 0 Å². The smallest absolute Gasteiger partial charge is 0.305 e. The lowest BCUT2D eigenvalue weighted by atomic mass is 9.69. The summed E-state index contributed by atoms with van der Waals surface area (Å²) in [5.74, 6) is 0.454. The molecule has 0 heterocycles. The zero-order valence-corrected chi connectivity index (χ0v) is 9.91. The number of hydrogen-bond donors (Lipinski definition) is 0. The number of hydrogen-bond acceptors (Lipinski definition) is 3. The van der Waals surface area contributed by atoms with Crippen LogP contribution in [0.1, 0.15) is 39.0 Å². The molecule has 0 bridgehead atoms. The first-order valence-corrected chi connectivity index (χ1v) is 5.87. The molecule has 3 heteroatoms. The van der Waals surface area contributed by atoms with E-state index in [2.05, 4.69) is 6.92 Å². The Bertz CT molecular complexity index is 356. The third-order valence-electron chi connectivity index (χ3n) is 4.26. The van der Waals surface area contributed by atoms with Gasteiger partial charge in [0.2, 0.25) is 0 Å². The Morgan fingerprint density at radius 1 is 1.56 bits per heavy atom. The molecule has 2 atom stereocenters. The van der Waals surface area contributed by atoms with E-state index in [0.29, 0.717) is 18.8 Å². The van der Waals surface area contributed by atoms with Crippen LogP contribution in [0.3, 0.4) is 0 Å². The van der Waals surface area contributed by atoms with Gasteiger partial charge in [0.25, 0.3) is 0 Å². The predicted molar refractivity (Wildman–Crippen MR) is 59.8 cm³/mol. The van der Waals surface area contributed by atoms with Crippen molar-refractivity contribution in [2.75, 3.05) is 7.11 Å². The number of carbonyl (C=O) groups excluding carboxylic acids is 2. The maximum absolute atomic E-state index is 11.4. The Morgan fingerprint density at radius 3 is 3.00 bits per heavy atom. The molecule has 0 aromatic heterocycles. The van der Waals surface area contributed by atoms with Crippen molar-refractivity contribution in [3.8, 4) is 0 Å². The molecule has 0 N–H and O–H groups in total. The fourth-order valence-electron chi connectivity index (χ4n) is 3.06. The van der Waals surface area contributed by atoms with E-state index < -0.39 is 0 Å². The molecule has 3 nitrogen and oxygen atoms in total. The van der Waals surface area contributed by atoms with Crippen LogP contribution in [0.15, 0.2) is 11.6 Å². The van der Waals surface area contributed by atoms with Gasteiger partial charge in [-0.3, -0.25) is 9.59 Å². The summed E-state index contributed by atoms with van der Waals surface area (Å²) in [6.07, 6.45) is 5.77.